The second kappa shape index (κ2) is 23.8. The van der Waals surface area contributed by atoms with E-state index in [2.05, 4.69) is 264 Å². The van der Waals surface area contributed by atoms with Crippen LogP contribution in [0.3, 0.4) is 0 Å². The van der Waals surface area contributed by atoms with Crippen molar-refractivity contribution in [1.82, 2.24) is 9.80 Å². The molecule has 0 unspecified atom stereocenters. The van der Waals surface area contributed by atoms with Gasteiger partial charge in [0.25, 0.3) is 0 Å². The number of hydrogen-bond acceptors (Lipinski definition) is 1. The normalized spacial score (nSPS) is 11.4. The standard InChI is InChI=1S/C58H56N2S3/c1-9-25-49(26-10-1)41-59(42-50-27-11-2-12-28-50)57(62(45-53-33-17-5-18-34-53)46-54-35-19-6-20-36-54)61-58(60(43-51-29-13-3-14-30-51)44-52-31-15-4-16-32-52)63(47-55-37-21-7-22-38-55)48-56-39-23-8-24-40-56/h1-40H,41-48H2. The van der Waals surface area contributed by atoms with E-state index in [-0.39, 0.29) is 21.0 Å². The van der Waals surface area contributed by atoms with Gasteiger partial charge in [0.05, 0.1) is 8.64 Å². The number of hydrogen-bond donors (Lipinski definition) is 0. The van der Waals surface area contributed by atoms with Crippen LogP contribution in [-0.2, 0) is 49.2 Å². The SMILES string of the molecule is c1ccc(CN(Cc2ccccc2)C(SC(N(Cc2ccccc2)Cc2ccccc2)=S(Cc2ccccc2)Cc2ccccc2)=S(Cc2ccccc2)Cc2ccccc2)cc1. The molecule has 63 heavy (non-hydrogen) atoms. The highest BCUT2D eigenvalue weighted by atomic mass is 32.2. The van der Waals surface area contributed by atoms with Crippen molar-refractivity contribution >= 4 is 41.4 Å². The Kier molecular flexibility index (Phi) is 16.6. The molecule has 0 saturated heterocycles. The number of nitrogens with zero attached hydrogens (tertiary/aromatic N) is 2. The molecule has 0 aromatic heterocycles. The van der Waals surface area contributed by atoms with Crippen molar-refractivity contribution in [1.29, 1.82) is 0 Å². The minimum Gasteiger partial charge on any atom is -0.256 e. The third kappa shape index (κ3) is 13.7. The number of thioether (sulfide) groups is 1. The molecule has 0 fully saturated rings. The molecular weight excluding hydrogens is 821 g/mol. The fourth-order valence-electron chi connectivity index (χ4n) is 7.72. The van der Waals surface area contributed by atoms with E-state index in [9.17, 15) is 0 Å². The van der Waals surface area contributed by atoms with Crippen molar-refractivity contribution in [2.24, 2.45) is 0 Å². The zero-order chi connectivity index (χ0) is 42.7. The van der Waals surface area contributed by atoms with Crippen LogP contribution >= 0.6 is 32.7 Å². The van der Waals surface area contributed by atoms with Gasteiger partial charge >= 0.3 is 0 Å². The molecule has 0 aliphatic heterocycles. The average Bonchev–Trinajstić information content (AvgIpc) is 3.34. The Labute approximate surface area is 385 Å². The van der Waals surface area contributed by atoms with Crippen LogP contribution in [0.4, 0.5) is 0 Å². The van der Waals surface area contributed by atoms with Gasteiger partial charge in [-0.25, -0.2) is 0 Å². The summed E-state index contributed by atoms with van der Waals surface area (Å²) in [4.78, 5) is 5.47. The van der Waals surface area contributed by atoms with Crippen LogP contribution in [0, 0.1) is 0 Å². The van der Waals surface area contributed by atoms with Crippen LogP contribution in [0.15, 0.2) is 243 Å². The molecule has 0 amide bonds. The molecule has 0 saturated carbocycles. The predicted molar refractivity (Wildman–Crippen MR) is 278 cm³/mol. The molecule has 0 N–H and O–H groups in total. The monoisotopic (exact) mass is 876 g/mol. The van der Waals surface area contributed by atoms with Gasteiger partial charge in [-0.15, -0.1) is 0 Å². The van der Waals surface area contributed by atoms with Gasteiger partial charge in [0.15, 0.2) is 0 Å². The summed E-state index contributed by atoms with van der Waals surface area (Å²) in [6.07, 6.45) is 0. The molecule has 8 rings (SSSR count). The first-order chi connectivity index (χ1) is 31.2. The highest BCUT2D eigenvalue weighted by Crippen LogP contribution is 2.40. The second-order valence-electron chi connectivity index (χ2n) is 15.8. The van der Waals surface area contributed by atoms with E-state index in [0.717, 1.165) is 49.2 Å². The van der Waals surface area contributed by atoms with Crippen molar-refractivity contribution in [2.75, 3.05) is 0 Å². The summed E-state index contributed by atoms with van der Waals surface area (Å²) >= 11 is 2.09. The van der Waals surface area contributed by atoms with Gasteiger partial charge in [-0.3, -0.25) is 9.80 Å². The minimum atomic E-state index is -0.219. The van der Waals surface area contributed by atoms with Crippen molar-refractivity contribution in [3.8, 4) is 0 Å². The molecule has 8 aromatic rings. The Morgan fingerprint density at radius 3 is 0.619 bits per heavy atom. The third-order valence-electron chi connectivity index (χ3n) is 10.8. The lowest BCUT2D eigenvalue weighted by Gasteiger charge is -2.34. The zero-order valence-corrected chi connectivity index (χ0v) is 38.3. The summed E-state index contributed by atoms with van der Waals surface area (Å²) in [6.45, 7) is 3.23. The highest BCUT2D eigenvalue weighted by molar-refractivity contribution is 8.46. The van der Waals surface area contributed by atoms with Crippen LogP contribution in [0.5, 0.6) is 0 Å². The highest BCUT2D eigenvalue weighted by Gasteiger charge is 2.26. The minimum absolute atomic E-state index is 0.219. The Morgan fingerprint density at radius 2 is 0.429 bits per heavy atom. The van der Waals surface area contributed by atoms with Crippen LogP contribution in [0.1, 0.15) is 44.5 Å². The molecule has 0 radical (unpaired) electrons. The molecule has 0 atom stereocenters. The molecule has 5 heteroatoms. The first-order valence-corrected chi connectivity index (χ1v) is 25.7. The molecule has 0 heterocycles. The lowest BCUT2D eigenvalue weighted by molar-refractivity contribution is 0.417. The van der Waals surface area contributed by atoms with E-state index in [4.69, 9.17) is 0 Å². The van der Waals surface area contributed by atoms with Gasteiger partial charge < -0.3 is 0 Å². The van der Waals surface area contributed by atoms with Gasteiger partial charge in [-0.05, 0) is 44.5 Å². The molecule has 0 aliphatic carbocycles. The van der Waals surface area contributed by atoms with Gasteiger partial charge in [0.2, 0.25) is 0 Å². The molecule has 2 nitrogen and oxygen atoms in total. The maximum absolute atomic E-state index is 2.74. The van der Waals surface area contributed by atoms with E-state index in [1.807, 2.05) is 0 Å². The summed E-state index contributed by atoms with van der Waals surface area (Å²) in [5.41, 5.74) is 10.7. The Bertz CT molecular complexity index is 2250. The largest absolute Gasteiger partial charge is 0.256 e. The third-order valence-corrected chi connectivity index (χ3v) is 17.8. The lowest BCUT2D eigenvalue weighted by Crippen LogP contribution is -2.34. The van der Waals surface area contributed by atoms with Gasteiger partial charge in [-0.2, -0.15) is 21.0 Å². The van der Waals surface area contributed by atoms with Gasteiger partial charge in [0, 0.05) is 49.2 Å². The van der Waals surface area contributed by atoms with E-state index < -0.39 is 0 Å². The molecule has 0 spiro atoms. The summed E-state index contributed by atoms with van der Waals surface area (Å²) in [5, 5.41) is 0. The van der Waals surface area contributed by atoms with E-state index in [1.165, 1.54) is 53.1 Å². The fourth-order valence-corrected chi connectivity index (χ4v) is 14.7. The van der Waals surface area contributed by atoms with Crippen molar-refractivity contribution in [2.45, 2.75) is 49.2 Å². The topological polar surface area (TPSA) is 6.48 Å². The molecule has 8 aromatic carbocycles. The van der Waals surface area contributed by atoms with Crippen LogP contribution in [-0.4, -0.2) is 18.4 Å². The van der Waals surface area contributed by atoms with Crippen molar-refractivity contribution in [3.63, 3.8) is 0 Å². The summed E-state index contributed by atoms with van der Waals surface area (Å²) in [6, 6.07) is 89.2. The summed E-state index contributed by atoms with van der Waals surface area (Å²) in [5.74, 6) is 3.81. The summed E-state index contributed by atoms with van der Waals surface area (Å²) in [7, 11) is -0.437. The lowest BCUT2D eigenvalue weighted by atomic mass is 10.2. The first-order valence-electron chi connectivity index (χ1n) is 21.8. The van der Waals surface area contributed by atoms with Crippen molar-refractivity contribution in [3.05, 3.63) is 287 Å². The number of rotatable bonds is 16. The smallest absolute Gasteiger partial charge is 0.0834 e. The molecule has 0 bridgehead atoms. The predicted octanol–water partition coefficient (Wildman–Crippen LogP) is 14.6. The maximum Gasteiger partial charge on any atom is 0.0834 e. The quantitative estimate of drug-likeness (QED) is 0.0893. The first kappa shape index (κ1) is 44.1. The van der Waals surface area contributed by atoms with Crippen molar-refractivity contribution < 1.29 is 0 Å². The molecule has 0 aliphatic rings. The summed E-state index contributed by atoms with van der Waals surface area (Å²) < 4.78 is 2.88. The fraction of sp³-hybridized carbons (Fsp3) is 0.138. The zero-order valence-electron chi connectivity index (χ0n) is 35.9. The maximum atomic E-state index is 2.74. The Morgan fingerprint density at radius 1 is 0.254 bits per heavy atom. The molecule has 316 valence electrons. The average molecular weight is 877 g/mol. The molecular formula is C58H56N2S3. The number of benzene rings is 8. The van der Waals surface area contributed by atoms with Crippen LogP contribution in [0.2, 0.25) is 0 Å². The Hall–Kier alpha value is -5.53. The second-order valence-corrected chi connectivity index (χ2v) is 21.2. The van der Waals surface area contributed by atoms with E-state index >= 15 is 0 Å². The van der Waals surface area contributed by atoms with Gasteiger partial charge in [0.1, 0.15) is 0 Å². The van der Waals surface area contributed by atoms with E-state index in [0.29, 0.717) is 0 Å². The van der Waals surface area contributed by atoms with Crippen LogP contribution in [0.25, 0.3) is 0 Å². The van der Waals surface area contributed by atoms with Crippen LogP contribution < -0.4 is 0 Å². The van der Waals surface area contributed by atoms with E-state index in [1.54, 1.807) is 0 Å². The van der Waals surface area contributed by atoms with Gasteiger partial charge in [-0.1, -0.05) is 254 Å². The Balaban J connectivity index is 1.40.